The Morgan fingerprint density at radius 3 is 2.32 bits per heavy atom. The summed E-state index contributed by atoms with van der Waals surface area (Å²) in [6, 6.07) is 3.45. The van der Waals surface area contributed by atoms with Gasteiger partial charge in [0.25, 0.3) is 0 Å². The highest BCUT2D eigenvalue weighted by Crippen LogP contribution is 2.46. The van der Waals surface area contributed by atoms with Gasteiger partial charge in [0.15, 0.2) is 5.78 Å². The predicted octanol–water partition coefficient (Wildman–Crippen LogP) is 4.23. The number of ketones is 1. The van der Waals surface area contributed by atoms with Gasteiger partial charge in [0.05, 0.1) is 11.5 Å². The summed E-state index contributed by atoms with van der Waals surface area (Å²) in [5.41, 5.74) is 0.836. The van der Waals surface area contributed by atoms with Crippen LogP contribution in [0.5, 0.6) is 0 Å². The third-order valence-corrected chi connectivity index (χ3v) is 6.03. The van der Waals surface area contributed by atoms with Crippen molar-refractivity contribution in [2.24, 2.45) is 5.92 Å². The summed E-state index contributed by atoms with van der Waals surface area (Å²) in [5.74, 6) is -3.17. The smallest absolute Gasteiger partial charge is 0.343 e. The Morgan fingerprint density at radius 1 is 1.16 bits per heavy atom. The molecule has 7 heteroatoms. The number of hydrogen-bond donors (Lipinski definition) is 1. The quantitative estimate of drug-likeness (QED) is 0.749. The molecular weight excluding hydrogens is 355 g/mol. The van der Waals surface area contributed by atoms with Crippen molar-refractivity contribution in [3.8, 4) is 0 Å². The van der Waals surface area contributed by atoms with Gasteiger partial charge in [-0.25, -0.2) is 0 Å². The van der Waals surface area contributed by atoms with E-state index in [1.165, 1.54) is 0 Å². The second-order valence-electron chi connectivity index (χ2n) is 7.09. The van der Waals surface area contributed by atoms with Crippen LogP contribution < -0.4 is 5.32 Å². The molecule has 1 heterocycles. The van der Waals surface area contributed by atoms with Crippen molar-refractivity contribution in [2.75, 3.05) is 0 Å². The Hall–Kier alpha value is -1.56. The molecule has 1 saturated carbocycles. The van der Waals surface area contributed by atoms with Crippen molar-refractivity contribution in [3.05, 3.63) is 33.8 Å². The molecule has 1 aliphatic carbocycles. The van der Waals surface area contributed by atoms with Gasteiger partial charge in [0, 0.05) is 5.02 Å². The van der Waals surface area contributed by atoms with Crippen LogP contribution in [0.3, 0.4) is 0 Å². The number of carbonyl (C=O) groups is 2. The molecule has 1 spiro atoms. The van der Waals surface area contributed by atoms with Gasteiger partial charge >= 0.3 is 6.18 Å². The number of carbonyl (C=O) groups excluding carboxylic acids is 2. The molecule has 3 rings (SSSR count). The van der Waals surface area contributed by atoms with E-state index < -0.39 is 29.5 Å². The summed E-state index contributed by atoms with van der Waals surface area (Å²) < 4.78 is 38.7. The molecule has 1 unspecified atom stereocenters. The molecule has 0 aromatic heterocycles. The van der Waals surface area contributed by atoms with E-state index in [0.29, 0.717) is 16.1 Å². The molecule has 2 fully saturated rings. The maximum Gasteiger partial charge on any atom is 0.391 e. The molecule has 1 amide bonds. The van der Waals surface area contributed by atoms with Gasteiger partial charge in [0.2, 0.25) is 5.91 Å². The van der Waals surface area contributed by atoms with Gasteiger partial charge in [-0.3, -0.25) is 9.59 Å². The van der Waals surface area contributed by atoms with E-state index in [4.69, 9.17) is 11.6 Å². The van der Waals surface area contributed by atoms with Crippen molar-refractivity contribution in [3.63, 3.8) is 0 Å². The zero-order chi connectivity index (χ0) is 18.6. The molecule has 0 bridgehead atoms. The minimum absolute atomic E-state index is 0.0247. The van der Waals surface area contributed by atoms with Crippen LogP contribution in [-0.2, 0) is 9.59 Å². The lowest BCUT2D eigenvalue weighted by Gasteiger charge is -2.36. The maximum atomic E-state index is 13.1. The molecule has 0 radical (unpaired) electrons. The summed E-state index contributed by atoms with van der Waals surface area (Å²) >= 11 is 6.14. The van der Waals surface area contributed by atoms with Crippen LogP contribution in [0.4, 0.5) is 13.2 Å². The van der Waals surface area contributed by atoms with Crippen LogP contribution in [0.2, 0.25) is 5.02 Å². The van der Waals surface area contributed by atoms with Gasteiger partial charge < -0.3 is 5.32 Å². The topological polar surface area (TPSA) is 46.2 Å². The van der Waals surface area contributed by atoms with Crippen LogP contribution in [0.1, 0.15) is 48.3 Å². The van der Waals surface area contributed by atoms with Crippen molar-refractivity contribution in [1.82, 2.24) is 5.32 Å². The first-order valence-electron chi connectivity index (χ1n) is 8.25. The van der Waals surface area contributed by atoms with Crippen molar-refractivity contribution in [2.45, 2.75) is 57.2 Å². The van der Waals surface area contributed by atoms with Crippen LogP contribution >= 0.6 is 11.6 Å². The third-order valence-electron chi connectivity index (χ3n) is 5.62. The fourth-order valence-electron chi connectivity index (χ4n) is 4.12. The summed E-state index contributed by atoms with van der Waals surface area (Å²) in [7, 11) is 0. The second-order valence-corrected chi connectivity index (χ2v) is 7.49. The Bertz CT molecular complexity index is 737. The lowest BCUT2D eigenvalue weighted by Crippen LogP contribution is -2.50. The van der Waals surface area contributed by atoms with Crippen LogP contribution in [0, 0.1) is 19.8 Å². The van der Waals surface area contributed by atoms with Crippen LogP contribution in [0.25, 0.3) is 0 Å². The minimum Gasteiger partial charge on any atom is -0.343 e. The Labute approximate surface area is 148 Å². The molecule has 1 aliphatic heterocycles. The molecule has 136 valence electrons. The van der Waals surface area contributed by atoms with Crippen molar-refractivity contribution < 1.29 is 22.8 Å². The number of hydrogen-bond acceptors (Lipinski definition) is 2. The minimum atomic E-state index is -4.26. The monoisotopic (exact) mass is 373 g/mol. The number of Topliss-reactive ketones (excluding diaryl/α,β-unsaturated/α-hetero) is 1. The average molecular weight is 374 g/mol. The zero-order valence-electron chi connectivity index (χ0n) is 14.0. The van der Waals surface area contributed by atoms with Crippen LogP contribution in [0.15, 0.2) is 12.1 Å². The van der Waals surface area contributed by atoms with E-state index >= 15 is 0 Å². The fourth-order valence-corrected chi connectivity index (χ4v) is 4.28. The van der Waals surface area contributed by atoms with Crippen molar-refractivity contribution >= 4 is 23.3 Å². The number of aryl methyl sites for hydroxylation is 1. The molecule has 1 N–H and O–H groups in total. The second kappa shape index (κ2) is 6.01. The first-order valence-corrected chi connectivity index (χ1v) is 8.63. The lowest BCUT2D eigenvalue weighted by molar-refractivity contribution is -0.185. The molecule has 25 heavy (non-hydrogen) atoms. The van der Waals surface area contributed by atoms with E-state index in [2.05, 4.69) is 5.32 Å². The third kappa shape index (κ3) is 2.94. The lowest BCUT2D eigenvalue weighted by atomic mass is 9.72. The van der Waals surface area contributed by atoms with Gasteiger partial charge in [-0.2, -0.15) is 13.2 Å². The van der Waals surface area contributed by atoms with Gasteiger partial charge in [-0.15, -0.1) is 0 Å². The van der Waals surface area contributed by atoms with E-state index in [1.54, 1.807) is 26.0 Å². The zero-order valence-corrected chi connectivity index (χ0v) is 14.7. The number of alkyl halides is 3. The molecular formula is C18H19ClF3NO2. The van der Waals surface area contributed by atoms with Crippen molar-refractivity contribution in [1.29, 1.82) is 0 Å². The molecule has 1 aromatic rings. The van der Waals surface area contributed by atoms with Gasteiger partial charge in [0.1, 0.15) is 5.92 Å². The first kappa shape index (κ1) is 18.2. The largest absolute Gasteiger partial charge is 0.391 e. The van der Waals surface area contributed by atoms with Gasteiger partial charge in [-0.05, 0) is 62.3 Å². The molecule has 1 aromatic carbocycles. The Balaban J connectivity index is 1.91. The van der Waals surface area contributed by atoms with E-state index in [1.807, 2.05) is 0 Å². The first-order chi connectivity index (χ1) is 11.6. The van der Waals surface area contributed by atoms with E-state index in [-0.39, 0.29) is 31.5 Å². The molecule has 3 nitrogen and oxygen atoms in total. The number of halogens is 4. The SMILES string of the molecule is Cc1ccc(Cl)c(C)c1C1C(=O)NC2(CCC(C(F)(F)F)CC2)C1=O. The molecule has 2 aliphatic rings. The molecule has 1 atom stereocenters. The Kier molecular flexibility index (Phi) is 4.38. The normalized spacial score (nSPS) is 30.0. The van der Waals surface area contributed by atoms with Gasteiger partial charge in [-0.1, -0.05) is 17.7 Å². The average Bonchev–Trinajstić information content (AvgIpc) is 2.75. The summed E-state index contributed by atoms with van der Waals surface area (Å²) in [6.07, 6.45) is -4.49. The standard InChI is InChI=1S/C18H19ClF3NO2/c1-9-3-4-12(19)10(2)13(9)14-15(24)17(23-16(14)25)7-5-11(6-8-17)18(20,21)22/h3-4,11,14H,5-8H2,1-2H3,(H,23,25). The fraction of sp³-hybridized carbons (Fsp3) is 0.556. The Morgan fingerprint density at radius 2 is 1.76 bits per heavy atom. The highest BCUT2D eigenvalue weighted by molar-refractivity contribution is 6.31. The summed E-state index contributed by atoms with van der Waals surface area (Å²) in [4.78, 5) is 25.6. The van der Waals surface area contributed by atoms with E-state index in [9.17, 15) is 22.8 Å². The number of rotatable bonds is 1. The highest BCUT2D eigenvalue weighted by Gasteiger charge is 2.56. The maximum absolute atomic E-state index is 13.1. The van der Waals surface area contributed by atoms with E-state index in [0.717, 1.165) is 5.56 Å². The number of benzene rings is 1. The summed E-state index contributed by atoms with van der Waals surface area (Å²) in [5, 5.41) is 3.18. The molecule has 1 saturated heterocycles. The summed E-state index contributed by atoms with van der Waals surface area (Å²) in [6.45, 7) is 3.54. The van der Waals surface area contributed by atoms with Crippen LogP contribution in [-0.4, -0.2) is 23.4 Å². The number of nitrogens with one attached hydrogen (secondary N) is 1. The predicted molar refractivity (Wildman–Crippen MR) is 87.6 cm³/mol. The number of amides is 1. The highest BCUT2D eigenvalue weighted by atomic mass is 35.5.